The van der Waals surface area contributed by atoms with E-state index in [1.165, 1.54) is 0 Å². The van der Waals surface area contributed by atoms with Crippen LogP contribution in [0.15, 0.2) is 42.5 Å². The monoisotopic (exact) mass is 289 g/mol. The molecular formula is C16H19NO4. The van der Waals surface area contributed by atoms with Crippen molar-refractivity contribution in [2.24, 2.45) is 11.8 Å². The second-order valence-electron chi connectivity index (χ2n) is 5.15. The van der Waals surface area contributed by atoms with E-state index in [-0.39, 0.29) is 12.5 Å². The molecule has 0 saturated carbocycles. The molecule has 0 unspecified atom stereocenters. The van der Waals surface area contributed by atoms with Crippen LogP contribution >= 0.6 is 0 Å². The molecule has 2 rings (SSSR count). The van der Waals surface area contributed by atoms with E-state index >= 15 is 0 Å². The van der Waals surface area contributed by atoms with Crippen LogP contribution in [-0.2, 0) is 9.59 Å². The Morgan fingerprint density at radius 2 is 1.76 bits per heavy atom. The fourth-order valence-corrected chi connectivity index (χ4v) is 2.58. The number of hydrogen-bond donors (Lipinski definition) is 3. The van der Waals surface area contributed by atoms with Gasteiger partial charge in [-0.05, 0) is 18.4 Å². The first-order valence-electron chi connectivity index (χ1n) is 6.97. The molecule has 5 nitrogen and oxygen atoms in total. The molecule has 3 N–H and O–H groups in total. The van der Waals surface area contributed by atoms with Crippen molar-refractivity contribution < 1.29 is 19.8 Å². The lowest BCUT2D eigenvalue weighted by Gasteiger charge is -2.26. The third-order valence-electron chi connectivity index (χ3n) is 3.79. The van der Waals surface area contributed by atoms with Crippen molar-refractivity contribution >= 4 is 11.9 Å². The molecule has 1 aliphatic carbocycles. The first-order valence-corrected chi connectivity index (χ1v) is 6.97. The SMILES string of the molecule is O=C(O)[C@H]1CC=CC[C@H]1C(=O)N[C@H](CO)c1ccccc1. The maximum atomic E-state index is 12.3. The van der Waals surface area contributed by atoms with Gasteiger partial charge in [-0.25, -0.2) is 0 Å². The van der Waals surface area contributed by atoms with Gasteiger partial charge in [0.15, 0.2) is 0 Å². The minimum atomic E-state index is -0.959. The number of carboxylic acids is 1. The molecular weight excluding hydrogens is 270 g/mol. The second kappa shape index (κ2) is 7.04. The number of benzene rings is 1. The van der Waals surface area contributed by atoms with Gasteiger partial charge in [-0.2, -0.15) is 0 Å². The Morgan fingerprint density at radius 3 is 2.33 bits per heavy atom. The molecule has 0 heterocycles. The second-order valence-corrected chi connectivity index (χ2v) is 5.15. The molecule has 0 aromatic heterocycles. The minimum Gasteiger partial charge on any atom is -0.481 e. The van der Waals surface area contributed by atoms with Gasteiger partial charge >= 0.3 is 5.97 Å². The summed E-state index contributed by atoms with van der Waals surface area (Å²) in [6, 6.07) is 8.62. The van der Waals surface area contributed by atoms with E-state index in [1.54, 1.807) is 6.08 Å². The van der Waals surface area contributed by atoms with Gasteiger partial charge < -0.3 is 15.5 Å². The first-order chi connectivity index (χ1) is 10.1. The third kappa shape index (κ3) is 3.70. The largest absolute Gasteiger partial charge is 0.481 e. The lowest BCUT2D eigenvalue weighted by Crippen LogP contribution is -2.41. The number of carbonyl (C=O) groups is 2. The number of allylic oxidation sites excluding steroid dienone is 2. The van der Waals surface area contributed by atoms with Gasteiger partial charge in [-0.3, -0.25) is 9.59 Å². The lowest BCUT2D eigenvalue weighted by atomic mass is 9.82. The van der Waals surface area contributed by atoms with Gasteiger partial charge in [0.2, 0.25) is 5.91 Å². The number of hydrogen-bond acceptors (Lipinski definition) is 3. The molecule has 1 amide bonds. The molecule has 3 atom stereocenters. The zero-order valence-electron chi connectivity index (χ0n) is 11.6. The summed E-state index contributed by atoms with van der Waals surface area (Å²) in [5, 5.41) is 21.4. The van der Waals surface area contributed by atoms with E-state index in [4.69, 9.17) is 0 Å². The van der Waals surface area contributed by atoms with Crippen LogP contribution in [0.3, 0.4) is 0 Å². The number of carbonyl (C=O) groups excluding carboxylic acids is 1. The lowest BCUT2D eigenvalue weighted by molar-refractivity contribution is -0.147. The van der Waals surface area contributed by atoms with Crippen LogP contribution in [0.4, 0.5) is 0 Å². The highest BCUT2D eigenvalue weighted by molar-refractivity contribution is 5.85. The number of amides is 1. The Morgan fingerprint density at radius 1 is 1.14 bits per heavy atom. The molecule has 1 aromatic rings. The van der Waals surface area contributed by atoms with E-state index < -0.39 is 23.8 Å². The molecule has 5 heteroatoms. The summed E-state index contributed by atoms with van der Waals surface area (Å²) in [4.78, 5) is 23.6. The van der Waals surface area contributed by atoms with Crippen LogP contribution in [0, 0.1) is 11.8 Å². The van der Waals surface area contributed by atoms with Crippen molar-refractivity contribution in [3.05, 3.63) is 48.0 Å². The van der Waals surface area contributed by atoms with Gasteiger partial charge in [-0.1, -0.05) is 42.5 Å². The number of aliphatic hydroxyl groups excluding tert-OH is 1. The molecule has 0 saturated heterocycles. The van der Waals surface area contributed by atoms with Crippen molar-refractivity contribution in [2.75, 3.05) is 6.61 Å². The fourth-order valence-electron chi connectivity index (χ4n) is 2.58. The van der Waals surface area contributed by atoms with E-state index in [0.29, 0.717) is 12.8 Å². The number of aliphatic carboxylic acids is 1. The molecule has 0 spiro atoms. The van der Waals surface area contributed by atoms with Crippen molar-refractivity contribution in [2.45, 2.75) is 18.9 Å². The van der Waals surface area contributed by atoms with E-state index in [1.807, 2.05) is 36.4 Å². The minimum absolute atomic E-state index is 0.226. The Hall–Kier alpha value is -2.14. The summed E-state index contributed by atoms with van der Waals surface area (Å²) < 4.78 is 0. The van der Waals surface area contributed by atoms with Crippen molar-refractivity contribution in [1.29, 1.82) is 0 Å². The quantitative estimate of drug-likeness (QED) is 0.717. The Balaban J connectivity index is 2.08. The first kappa shape index (κ1) is 15.3. The van der Waals surface area contributed by atoms with Crippen molar-refractivity contribution in [3.8, 4) is 0 Å². The average Bonchev–Trinajstić information content (AvgIpc) is 2.53. The van der Waals surface area contributed by atoms with Crippen LogP contribution in [-0.4, -0.2) is 28.7 Å². The highest BCUT2D eigenvalue weighted by Gasteiger charge is 2.34. The Labute approximate surface area is 123 Å². The Kier molecular flexibility index (Phi) is 5.11. The number of aliphatic hydroxyl groups is 1. The molecule has 0 aliphatic heterocycles. The van der Waals surface area contributed by atoms with E-state index in [0.717, 1.165) is 5.56 Å². The van der Waals surface area contributed by atoms with Crippen molar-refractivity contribution in [1.82, 2.24) is 5.32 Å². The van der Waals surface area contributed by atoms with Crippen molar-refractivity contribution in [3.63, 3.8) is 0 Å². The predicted octanol–water partition coefficient (Wildman–Crippen LogP) is 1.50. The van der Waals surface area contributed by atoms with Gasteiger partial charge in [0.05, 0.1) is 24.5 Å². The van der Waals surface area contributed by atoms with E-state index in [9.17, 15) is 19.8 Å². The molecule has 112 valence electrons. The molecule has 0 fully saturated rings. The smallest absolute Gasteiger partial charge is 0.307 e. The van der Waals surface area contributed by atoms with Gasteiger partial charge in [-0.15, -0.1) is 0 Å². The molecule has 1 aliphatic rings. The normalized spacial score (nSPS) is 22.5. The van der Waals surface area contributed by atoms with Crippen LogP contribution in [0.1, 0.15) is 24.4 Å². The standard InChI is InChI=1S/C16H19NO4/c18-10-14(11-6-2-1-3-7-11)17-15(19)12-8-4-5-9-13(12)16(20)21/h1-7,12-14,18H,8-10H2,(H,17,19)(H,20,21)/t12-,13+,14-/m1/s1. The molecule has 21 heavy (non-hydrogen) atoms. The zero-order valence-corrected chi connectivity index (χ0v) is 11.6. The maximum absolute atomic E-state index is 12.3. The number of nitrogens with one attached hydrogen (secondary N) is 1. The summed E-state index contributed by atoms with van der Waals surface area (Å²) >= 11 is 0. The van der Waals surface area contributed by atoms with E-state index in [2.05, 4.69) is 5.32 Å². The van der Waals surface area contributed by atoms with Crippen LogP contribution < -0.4 is 5.32 Å². The number of carboxylic acid groups (broad SMARTS) is 1. The highest BCUT2D eigenvalue weighted by Crippen LogP contribution is 2.27. The maximum Gasteiger partial charge on any atom is 0.307 e. The Bertz CT molecular complexity index is 526. The highest BCUT2D eigenvalue weighted by atomic mass is 16.4. The van der Waals surface area contributed by atoms with Gasteiger partial charge in [0.1, 0.15) is 0 Å². The molecule has 1 aromatic carbocycles. The average molecular weight is 289 g/mol. The summed E-state index contributed by atoms with van der Waals surface area (Å²) in [5.41, 5.74) is 0.798. The fraction of sp³-hybridized carbons (Fsp3) is 0.375. The number of rotatable bonds is 5. The summed E-state index contributed by atoms with van der Waals surface area (Å²) in [7, 11) is 0. The topological polar surface area (TPSA) is 86.6 Å². The van der Waals surface area contributed by atoms with Crippen LogP contribution in [0.5, 0.6) is 0 Å². The summed E-state index contributed by atoms with van der Waals surface area (Å²) in [6.07, 6.45) is 4.40. The van der Waals surface area contributed by atoms with Crippen LogP contribution in [0.25, 0.3) is 0 Å². The summed E-state index contributed by atoms with van der Waals surface area (Å²) in [6.45, 7) is -0.226. The van der Waals surface area contributed by atoms with Crippen LogP contribution in [0.2, 0.25) is 0 Å². The zero-order chi connectivity index (χ0) is 15.2. The van der Waals surface area contributed by atoms with Gasteiger partial charge in [0.25, 0.3) is 0 Å². The predicted molar refractivity (Wildman–Crippen MR) is 77.4 cm³/mol. The molecule has 0 bridgehead atoms. The molecule has 0 radical (unpaired) electrons. The summed E-state index contributed by atoms with van der Waals surface area (Å²) in [5.74, 6) is -2.58. The van der Waals surface area contributed by atoms with Gasteiger partial charge in [0, 0.05) is 0 Å². The third-order valence-corrected chi connectivity index (χ3v) is 3.79.